The Morgan fingerprint density at radius 1 is 0.963 bits per heavy atom. The summed E-state index contributed by atoms with van der Waals surface area (Å²) >= 11 is 6.50. The van der Waals surface area contributed by atoms with Crippen molar-refractivity contribution in [1.29, 1.82) is 0 Å². The van der Waals surface area contributed by atoms with Gasteiger partial charge in [0.25, 0.3) is 0 Å². The summed E-state index contributed by atoms with van der Waals surface area (Å²) in [5, 5.41) is 4.20. The largest absolute Gasteiger partial charge is 0.493 e. The number of halogens is 1. The Bertz CT molecular complexity index is 736. The Hall–Kier alpha value is -1.71. The SMILES string of the molecule is COc1cc(CNC(C)(C)CC(C)(C)C)cc(Cl)c1OCc1ccccc1. The molecule has 0 aliphatic carbocycles. The molecule has 2 rings (SSSR count). The molecule has 0 amide bonds. The van der Waals surface area contributed by atoms with E-state index >= 15 is 0 Å². The molecule has 0 saturated carbocycles. The summed E-state index contributed by atoms with van der Waals surface area (Å²) in [4.78, 5) is 0. The van der Waals surface area contributed by atoms with E-state index in [1.807, 2.05) is 42.5 Å². The van der Waals surface area contributed by atoms with Gasteiger partial charge in [-0.15, -0.1) is 0 Å². The molecule has 148 valence electrons. The van der Waals surface area contributed by atoms with Crippen LogP contribution in [0.1, 0.15) is 52.2 Å². The summed E-state index contributed by atoms with van der Waals surface area (Å²) in [5.74, 6) is 1.24. The standard InChI is InChI=1S/C23H32ClNO2/c1-22(2,3)16-23(4,5)25-14-18-12-19(24)21(20(13-18)26-6)27-15-17-10-8-7-9-11-17/h7-13,25H,14-16H2,1-6H3. The van der Waals surface area contributed by atoms with Crippen LogP contribution >= 0.6 is 11.6 Å². The van der Waals surface area contributed by atoms with E-state index in [1.54, 1.807) is 7.11 Å². The zero-order valence-corrected chi connectivity index (χ0v) is 18.1. The number of benzene rings is 2. The van der Waals surface area contributed by atoms with Crippen molar-refractivity contribution in [2.45, 2.75) is 59.7 Å². The molecular weight excluding hydrogens is 358 g/mol. The second-order valence-electron chi connectivity index (χ2n) is 8.86. The van der Waals surface area contributed by atoms with Crippen molar-refractivity contribution in [3.63, 3.8) is 0 Å². The molecule has 0 spiro atoms. The van der Waals surface area contributed by atoms with Gasteiger partial charge in [-0.25, -0.2) is 0 Å². The highest BCUT2D eigenvalue weighted by Crippen LogP contribution is 2.37. The number of rotatable bonds is 8. The Morgan fingerprint density at radius 3 is 2.22 bits per heavy atom. The van der Waals surface area contributed by atoms with Crippen LogP contribution in [0, 0.1) is 5.41 Å². The van der Waals surface area contributed by atoms with E-state index in [9.17, 15) is 0 Å². The van der Waals surface area contributed by atoms with Crippen LogP contribution < -0.4 is 14.8 Å². The van der Waals surface area contributed by atoms with E-state index in [4.69, 9.17) is 21.1 Å². The molecule has 0 aromatic heterocycles. The maximum absolute atomic E-state index is 6.50. The minimum Gasteiger partial charge on any atom is -0.493 e. The van der Waals surface area contributed by atoms with Crippen molar-refractivity contribution >= 4 is 11.6 Å². The van der Waals surface area contributed by atoms with E-state index < -0.39 is 0 Å². The molecular formula is C23H32ClNO2. The Labute approximate surface area is 169 Å². The van der Waals surface area contributed by atoms with Gasteiger partial charge in [-0.1, -0.05) is 62.7 Å². The molecule has 0 aliphatic rings. The highest BCUT2D eigenvalue weighted by atomic mass is 35.5. The molecule has 0 saturated heterocycles. The normalized spacial score (nSPS) is 12.1. The maximum Gasteiger partial charge on any atom is 0.180 e. The summed E-state index contributed by atoms with van der Waals surface area (Å²) in [5.41, 5.74) is 2.46. The Morgan fingerprint density at radius 2 is 1.63 bits per heavy atom. The summed E-state index contributed by atoms with van der Waals surface area (Å²) < 4.78 is 11.5. The molecule has 3 nitrogen and oxygen atoms in total. The third kappa shape index (κ3) is 7.08. The minimum absolute atomic E-state index is 0.0282. The van der Waals surface area contributed by atoms with Crippen molar-refractivity contribution in [1.82, 2.24) is 5.32 Å². The lowest BCUT2D eigenvalue weighted by molar-refractivity contribution is 0.240. The second-order valence-corrected chi connectivity index (χ2v) is 9.27. The predicted octanol–water partition coefficient (Wildman–Crippen LogP) is 6.23. The van der Waals surface area contributed by atoms with E-state index in [0.717, 1.165) is 24.1 Å². The molecule has 1 N–H and O–H groups in total. The number of hydrogen-bond acceptors (Lipinski definition) is 3. The molecule has 0 heterocycles. The molecule has 0 radical (unpaired) electrons. The van der Waals surface area contributed by atoms with Gasteiger partial charge in [-0.2, -0.15) is 0 Å². The summed E-state index contributed by atoms with van der Waals surface area (Å²) in [6, 6.07) is 14.0. The first-order valence-corrected chi connectivity index (χ1v) is 9.76. The highest BCUT2D eigenvalue weighted by Gasteiger charge is 2.25. The highest BCUT2D eigenvalue weighted by molar-refractivity contribution is 6.32. The van der Waals surface area contributed by atoms with Gasteiger partial charge in [0.2, 0.25) is 0 Å². The van der Waals surface area contributed by atoms with Gasteiger partial charge in [-0.05, 0) is 48.9 Å². The van der Waals surface area contributed by atoms with Crippen LogP contribution in [0.4, 0.5) is 0 Å². The van der Waals surface area contributed by atoms with Crippen LogP contribution in [0.15, 0.2) is 42.5 Å². The third-order valence-corrected chi connectivity index (χ3v) is 4.54. The lowest BCUT2D eigenvalue weighted by Gasteiger charge is -2.33. The van der Waals surface area contributed by atoms with E-state index in [2.05, 4.69) is 39.9 Å². The molecule has 2 aromatic carbocycles. The average Bonchev–Trinajstić information content (AvgIpc) is 2.57. The van der Waals surface area contributed by atoms with Crippen molar-refractivity contribution in [2.24, 2.45) is 5.41 Å². The third-order valence-electron chi connectivity index (χ3n) is 4.26. The van der Waals surface area contributed by atoms with Gasteiger partial charge in [-0.3, -0.25) is 0 Å². The fraction of sp³-hybridized carbons (Fsp3) is 0.478. The number of ether oxygens (including phenoxy) is 2. The van der Waals surface area contributed by atoms with Crippen molar-refractivity contribution in [3.8, 4) is 11.5 Å². The van der Waals surface area contributed by atoms with Crippen LogP contribution in [0.3, 0.4) is 0 Å². The first-order valence-electron chi connectivity index (χ1n) is 9.38. The predicted molar refractivity (Wildman–Crippen MR) is 114 cm³/mol. The topological polar surface area (TPSA) is 30.5 Å². The molecule has 27 heavy (non-hydrogen) atoms. The fourth-order valence-electron chi connectivity index (χ4n) is 3.47. The smallest absolute Gasteiger partial charge is 0.180 e. The van der Waals surface area contributed by atoms with Crippen LogP contribution in [0.2, 0.25) is 5.02 Å². The molecule has 4 heteroatoms. The van der Waals surface area contributed by atoms with Gasteiger partial charge in [0.15, 0.2) is 11.5 Å². The molecule has 0 bridgehead atoms. The van der Waals surface area contributed by atoms with E-state index in [1.165, 1.54) is 0 Å². The summed E-state index contributed by atoms with van der Waals surface area (Å²) in [6.45, 7) is 12.4. The summed E-state index contributed by atoms with van der Waals surface area (Å²) in [6.07, 6.45) is 1.07. The van der Waals surface area contributed by atoms with Crippen LogP contribution in [0.5, 0.6) is 11.5 Å². The zero-order chi connectivity index (χ0) is 20.1. The molecule has 0 aliphatic heterocycles. The van der Waals surface area contributed by atoms with Gasteiger partial charge < -0.3 is 14.8 Å². The molecule has 0 atom stereocenters. The van der Waals surface area contributed by atoms with Crippen molar-refractivity contribution in [3.05, 3.63) is 58.6 Å². The van der Waals surface area contributed by atoms with Crippen LogP contribution in [-0.4, -0.2) is 12.6 Å². The van der Waals surface area contributed by atoms with Gasteiger partial charge in [0.05, 0.1) is 12.1 Å². The number of methoxy groups -OCH3 is 1. The first kappa shape index (κ1) is 21.6. The number of nitrogens with one attached hydrogen (secondary N) is 1. The lowest BCUT2D eigenvalue weighted by atomic mass is 9.82. The molecule has 0 fully saturated rings. The van der Waals surface area contributed by atoms with Crippen molar-refractivity contribution < 1.29 is 9.47 Å². The monoisotopic (exact) mass is 389 g/mol. The number of hydrogen-bond donors (Lipinski definition) is 1. The van der Waals surface area contributed by atoms with Gasteiger partial charge >= 0.3 is 0 Å². The quantitative estimate of drug-likeness (QED) is 0.580. The Balaban J connectivity index is 2.08. The van der Waals surface area contributed by atoms with E-state index in [-0.39, 0.29) is 11.0 Å². The summed E-state index contributed by atoms with van der Waals surface area (Å²) in [7, 11) is 1.64. The van der Waals surface area contributed by atoms with E-state index in [0.29, 0.717) is 23.1 Å². The first-order chi connectivity index (χ1) is 12.6. The van der Waals surface area contributed by atoms with Crippen LogP contribution in [-0.2, 0) is 13.2 Å². The van der Waals surface area contributed by atoms with Crippen molar-refractivity contribution in [2.75, 3.05) is 7.11 Å². The molecule has 2 aromatic rings. The Kier molecular flexibility index (Phi) is 7.19. The second kappa shape index (κ2) is 8.99. The lowest BCUT2D eigenvalue weighted by Crippen LogP contribution is -2.41. The fourth-order valence-corrected chi connectivity index (χ4v) is 3.76. The zero-order valence-electron chi connectivity index (χ0n) is 17.4. The minimum atomic E-state index is 0.0282. The average molecular weight is 390 g/mol. The van der Waals surface area contributed by atoms with Gasteiger partial charge in [0, 0.05) is 12.1 Å². The van der Waals surface area contributed by atoms with Crippen LogP contribution in [0.25, 0.3) is 0 Å². The van der Waals surface area contributed by atoms with Gasteiger partial charge in [0.1, 0.15) is 6.61 Å². The molecule has 0 unspecified atom stereocenters. The maximum atomic E-state index is 6.50.